The lowest BCUT2D eigenvalue weighted by Crippen LogP contribution is -2.50. The van der Waals surface area contributed by atoms with Crippen molar-refractivity contribution in [3.63, 3.8) is 0 Å². The Balaban J connectivity index is 2.04. The standard InChI is InChI=1S/C20H25N3O3/c1-3-14-5-7-15(8-6-14)16-9-11-17(12-10-16)19(24)22-18(13-21)20(25)23-26-4-2/h5-12,18H,3-4,13,21H2,1-2H3,(H,22,24)(H,23,25)/t18-/m0/s1. The number of carbonyl (C=O) groups is 2. The Kier molecular flexibility index (Phi) is 7.32. The first kappa shape index (κ1) is 19.6. The zero-order valence-electron chi connectivity index (χ0n) is 15.1. The van der Waals surface area contributed by atoms with Crippen LogP contribution in [0.4, 0.5) is 0 Å². The number of rotatable bonds is 8. The van der Waals surface area contributed by atoms with Crippen molar-refractivity contribution in [1.82, 2.24) is 10.8 Å². The highest BCUT2D eigenvalue weighted by molar-refractivity contribution is 5.97. The van der Waals surface area contributed by atoms with Gasteiger partial charge in [0.15, 0.2) is 0 Å². The summed E-state index contributed by atoms with van der Waals surface area (Å²) in [7, 11) is 0. The van der Waals surface area contributed by atoms with E-state index in [1.165, 1.54) is 5.56 Å². The molecule has 6 heteroatoms. The maximum Gasteiger partial charge on any atom is 0.267 e. The van der Waals surface area contributed by atoms with Crippen LogP contribution in [0.2, 0.25) is 0 Å². The molecule has 0 saturated heterocycles. The molecule has 0 unspecified atom stereocenters. The van der Waals surface area contributed by atoms with Gasteiger partial charge in [-0.05, 0) is 42.2 Å². The molecule has 0 radical (unpaired) electrons. The predicted molar refractivity (Wildman–Crippen MR) is 101 cm³/mol. The highest BCUT2D eigenvalue weighted by atomic mass is 16.6. The van der Waals surface area contributed by atoms with Crippen LogP contribution in [0.3, 0.4) is 0 Å². The van der Waals surface area contributed by atoms with Gasteiger partial charge < -0.3 is 11.1 Å². The molecule has 2 rings (SSSR count). The van der Waals surface area contributed by atoms with Gasteiger partial charge in [-0.1, -0.05) is 43.3 Å². The fourth-order valence-electron chi connectivity index (χ4n) is 2.43. The smallest absolute Gasteiger partial charge is 0.267 e. The summed E-state index contributed by atoms with van der Waals surface area (Å²) in [5.41, 5.74) is 11.7. The average molecular weight is 355 g/mol. The van der Waals surface area contributed by atoms with Gasteiger partial charge in [0.1, 0.15) is 6.04 Å². The van der Waals surface area contributed by atoms with Crippen LogP contribution < -0.4 is 16.5 Å². The summed E-state index contributed by atoms with van der Waals surface area (Å²) >= 11 is 0. The predicted octanol–water partition coefficient (Wildman–Crippen LogP) is 2.04. The number of hydrogen-bond acceptors (Lipinski definition) is 4. The van der Waals surface area contributed by atoms with E-state index in [-0.39, 0.29) is 12.5 Å². The van der Waals surface area contributed by atoms with Gasteiger partial charge in [-0.15, -0.1) is 0 Å². The van der Waals surface area contributed by atoms with Gasteiger partial charge in [0.25, 0.3) is 11.8 Å². The van der Waals surface area contributed by atoms with Gasteiger partial charge in [-0.2, -0.15) is 0 Å². The molecule has 0 aromatic heterocycles. The SMILES string of the molecule is CCONC(=O)[C@H](CN)NC(=O)c1ccc(-c2ccc(CC)cc2)cc1. The molecule has 0 spiro atoms. The van der Waals surface area contributed by atoms with Crippen LogP contribution in [-0.2, 0) is 16.1 Å². The highest BCUT2D eigenvalue weighted by Gasteiger charge is 2.20. The number of hydrogen-bond donors (Lipinski definition) is 3. The van der Waals surface area contributed by atoms with E-state index in [2.05, 4.69) is 42.0 Å². The van der Waals surface area contributed by atoms with Crippen LogP contribution in [0.1, 0.15) is 29.8 Å². The molecule has 1 atom stereocenters. The van der Waals surface area contributed by atoms with Crippen molar-refractivity contribution in [2.45, 2.75) is 26.3 Å². The molecule has 138 valence electrons. The maximum atomic E-state index is 12.3. The number of hydroxylamine groups is 1. The highest BCUT2D eigenvalue weighted by Crippen LogP contribution is 2.20. The Morgan fingerprint density at radius 1 is 1.00 bits per heavy atom. The minimum absolute atomic E-state index is 0.0213. The van der Waals surface area contributed by atoms with Gasteiger partial charge in [0, 0.05) is 12.1 Å². The van der Waals surface area contributed by atoms with Crippen molar-refractivity contribution in [3.05, 3.63) is 59.7 Å². The zero-order chi connectivity index (χ0) is 18.9. The largest absolute Gasteiger partial charge is 0.339 e. The van der Waals surface area contributed by atoms with E-state index in [0.29, 0.717) is 12.2 Å². The number of carbonyl (C=O) groups excluding carboxylic acids is 2. The average Bonchev–Trinajstić information content (AvgIpc) is 2.70. The molecular weight excluding hydrogens is 330 g/mol. The molecule has 0 bridgehead atoms. The number of nitrogens with two attached hydrogens (primary N) is 1. The van der Waals surface area contributed by atoms with E-state index >= 15 is 0 Å². The van der Waals surface area contributed by atoms with Gasteiger partial charge in [-0.3, -0.25) is 14.4 Å². The summed E-state index contributed by atoms with van der Waals surface area (Å²) in [4.78, 5) is 29.0. The number of benzene rings is 2. The van der Waals surface area contributed by atoms with Gasteiger partial charge >= 0.3 is 0 Å². The number of nitrogens with one attached hydrogen (secondary N) is 2. The Labute approximate surface area is 153 Å². The summed E-state index contributed by atoms with van der Waals surface area (Å²) in [5, 5.41) is 2.61. The van der Waals surface area contributed by atoms with Crippen LogP contribution in [-0.4, -0.2) is 31.0 Å². The second-order valence-corrected chi connectivity index (χ2v) is 5.79. The summed E-state index contributed by atoms with van der Waals surface area (Å²) < 4.78 is 0. The molecular formula is C20H25N3O3. The van der Waals surface area contributed by atoms with Crippen molar-refractivity contribution < 1.29 is 14.4 Å². The lowest BCUT2D eigenvalue weighted by molar-refractivity contribution is -0.134. The van der Waals surface area contributed by atoms with E-state index in [1.54, 1.807) is 19.1 Å². The molecule has 2 aromatic carbocycles. The Hall–Kier alpha value is -2.70. The molecule has 0 aliphatic carbocycles. The van der Waals surface area contributed by atoms with Crippen LogP contribution >= 0.6 is 0 Å². The van der Waals surface area contributed by atoms with Crippen molar-refractivity contribution in [3.8, 4) is 11.1 Å². The van der Waals surface area contributed by atoms with Crippen molar-refractivity contribution >= 4 is 11.8 Å². The third kappa shape index (κ3) is 5.15. The monoisotopic (exact) mass is 355 g/mol. The van der Waals surface area contributed by atoms with E-state index in [4.69, 9.17) is 10.6 Å². The molecule has 2 amide bonds. The molecule has 0 aliphatic rings. The van der Waals surface area contributed by atoms with E-state index < -0.39 is 11.9 Å². The van der Waals surface area contributed by atoms with Gasteiger partial charge in [0.2, 0.25) is 0 Å². The molecule has 0 saturated carbocycles. The first-order chi connectivity index (χ1) is 12.6. The molecule has 2 aromatic rings. The maximum absolute atomic E-state index is 12.3. The number of amides is 2. The molecule has 0 fully saturated rings. The molecule has 6 nitrogen and oxygen atoms in total. The van der Waals surface area contributed by atoms with Crippen LogP contribution in [0.15, 0.2) is 48.5 Å². The van der Waals surface area contributed by atoms with Crippen molar-refractivity contribution in [2.75, 3.05) is 13.2 Å². The quantitative estimate of drug-likeness (QED) is 0.632. The molecule has 0 heterocycles. The molecule has 4 N–H and O–H groups in total. The van der Waals surface area contributed by atoms with Gasteiger partial charge in [0.05, 0.1) is 6.61 Å². The first-order valence-corrected chi connectivity index (χ1v) is 8.71. The minimum atomic E-state index is -0.852. The summed E-state index contributed by atoms with van der Waals surface area (Å²) in [6.07, 6.45) is 0.999. The molecule has 0 aliphatic heterocycles. The van der Waals surface area contributed by atoms with Gasteiger partial charge in [-0.25, -0.2) is 5.48 Å². The second kappa shape index (κ2) is 9.70. The third-order valence-electron chi connectivity index (χ3n) is 4.02. The topological polar surface area (TPSA) is 93.4 Å². The van der Waals surface area contributed by atoms with Crippen molar-refractivity contribution in [2.24, 2.45) is 5.73 Å². The van der Waals surface area contributed by atoms with E-state index in [1.807, 2.05) is 12.1 Å². The summed E-state index contributed by atoms with van der Waals surface area (Å²) in [6, 6.07) is 14.7. The summed E-state index contributed by atoms with van der Waals surface area (Å²) in [6.45, 7) is 4.17. The first-order valence-electron chi connectivity index (χ1n) is 8.71. The Bertz CT molecular complexity index is 727. The lowest BCUT2D eigenvalue weighted by atomic mass is 10.0. The number of aryl methyl sites for hydroxylation is 1. The lowest BCUT2D eigenvalue weighted by Gasteiger charge is -2.16. The fourth-order valence-corrected chi connectivity index (χ4v) is 2.43. The van der Waals surface area contributed by atoms with Crippen LogP contribution in [0, 0.1) is 0 Å². The summed E-state index contributed by atoms with van der Waals surface area (Å²) in [5.74, 6) is -0.838. The normalized spacial score (nSPS) is 11.7. The third-order valence-corrected chi connectivity index (χ3v) is 4.02. The van der Waals surface area contributed by atoms with Crippen molar-refractivity contribution in [1.29, 1.82) is 0 Å². The van der Waals surface area contributed by atoms with Crippen LogP contribution in [0.25, 0.3) is 11.1 Å². The fraction of sp³-hybridized carbons (Fsp3) is 0.300. The minimum Gasteiger partial charge on any atom is -0.339 e. The van der Waals surface area contributed by atoms with Crippen LogP contribution in [0.5, 0.6) is 0 Å². The van der Waals surface area contributed by atoms with E-state index in [0.717, 1.165) is 17.5 Å². The zero-order valence-corrected chi connectivity index (χ0v) is 15.1. The Morgan fingerprint density at radius 3 is 2.08 bits per heavy atom. The Morgan fingerprint density at radius 2 is 1.58 bits per heavy atom. The second-order valence-electron chi connectivity index (χ2n) is 5.79. The van der Waals surface area contributed by atoms with E-state index in [9.17, 15) is 9.59 Å². The molecule has 26 heavy (non-hydrogen) atoms.